The lowest BCUT2D eigenvalue weighted by Crippen LogP contribution is -2.26. The summed E-state index contributed by atoms with van der Waals surface area (Å²) in [5.74, 6) is 2.24. The van der Waals surface area contributed by atoms with Crippen LogP contribution in [-0.2, 0) is 4.79 Å². The Bertz CT molecular complexity index is 892. The Hall–Kier alpha value is -2.74. The summed E-state index contributed by atoms with van der Waals surface area (Å²) >= 11 is 1.72. The lowest BCUT2D eigenvalue weighted by Gasteiger charge is -2.19. The van der Waals surface area contributed by atoms with Gasteiger partial charge in [0.1, 0.15) is 11.8 Å². The number of aromatic nitrogens is 3. The van der Waals surface area contributed by atoms with E-state index >= 15 is 0 Å². The monoisotopic (exact) mass is 386 g/mol. The highest BCUT2D eigenvalue weighted by atomic mass is 32.2. The molecule has 0 aliphatic carbocycles. The second-order valence-electron chi connectivity index (χ2n) is 5.96. The molecule has 0 aliphatic rings. The molecule has 1 N–H and O–H groups in total. The van der Waals surface area contributed by atoms with Gasteiger partial charge in [-0.25, -0.2) is 0 Å². The molecule has 7 nitrogen and oxygen atoms in total. The molecule has 8 heteroatoms. The van der Waals surface area contributed by atoms with Crippen LogP contribution >= 0.6 is 11.8 Å². The highest BCUT2D eigenvalue weighted by molar-refractivity contribution is 7.98. The minimum atomic E-state index is -0.274. The molecule has 0 radical (unpaired) electrons. The van der Waals surface area contributed by atoms with Gasteiger partial charge < -0.3 is 19.0 Å². The minimum absolute atomic E-state index is 0.0712. The number of rotatable bonds is 8. The molecule has 27 heavy (non-hydrogen) atoms. The normalized spacial score (nSPS) is 12.0. The van der Waals surface area contributed by atoms with Crippen LogP contribution in [0.25, 0.3) is 11.5 Å². The topological polar surface area (TPSA) is 82.2 Å². The zero-order valence-electron chi connectivity index (χ0n) is 15.5. The summed E-state index contributed by atoms with van der Waals surface area (Å²) in [6.45, 7) is 1.72. The van der Waals surface area contributed by atoms with Crippen LogP contribution in [0, 0.1) is 6.92 Å². The van der Waals surface area contributed by atoms with Gasteiger partial charge in [0.25, 0.3) is 5.89 Å². The summed E-state index contributed by atoms with van der Waals surface area (Å²) in [5.41, 5.74) is 1.28. The van der Waals surface area contributed by atoms with Crippen molar-refractivity contribution < 1.29 is 13.9 Å². The number of hydrogen-bond acceptors (Lipinski definition) is 6. The minimum Gasteiger partial charge on any atom is -0.496 e. The van der Waals surface area contributed by atoms with Crippen LogP contribution in [0.15, 0.2) is 47.1 Å². The Morgan fingerprint density at radius 2 is 2.11 bits per heavy atom. The second-order valence-corrected chi connectivity index (χ2v) is 6.94. The summed E-state index contributed by atoms with van der Waals surface area (Å²) in [5, 5.41) is 10.9. The molecule has 2 heterocycles. The first-order valence-electron chi connectivity index (χ1n) is 8.53. The van der Waals surface area contributed by atoms with E-state index in [4.69, 9.17) is 9.15 Å². The quantitative estimate of drug-likeness (QED) is 0.634. The molecule has 0 saturated heterocycles. The highest BCUT2D eigenvalue weighted by Crippen LogP contribution is 2.32. The predicted octanol–water partition coefficient (Wildman–Crippen LogP) is 3.79. The average Bonchev–Trinajstić information content (AvgIpc) is 3.34. The molecule has 1 atom stereocenters. The fraction of sp³-hybridized carbons (Fsp3) is 0.316. The maximum absolute atomic E-state index is 12.9. The van der Waals surface area contributed by atoms with Crippen molar-refractivity contribution in [3.05, 3.63) is 48.6 Å². The number of nitrogens with one attached hydrogen (secondary N) is 1. The summed E-state index contributed by atoms with van der Waals surface area (Å²) in [6.07, 6.45) is 6.59. The SMILES string of the molecule is COc1ccc(NC(=O)[C@H](CCSC)n2cccc2)cc1-c1nnc(C)o1. The van der Waals surface area contributed by atoms with Crippen LogP contribution in [-0.4, -0.2) is 39.8 Å². The van der Waals surface area contributed by atoms with Crippen molar-refractivity contribution in [3.8, 4) is 17.2 Å². The third-order valence-electron chi connectivity index (χ3n) is 4.11. The highest BCUT2D eigenvalue weighted by Gasteiger charge is 2.20. The Morgan fingerprint density at radius 3 is 2.74 bits per heavy atom. The van der Waals surface area contributed by atoms with Crippen LogP contribution in [0.1, 0.15) is 18.4 Å². The lowest BCUT2D eigenvalue weighted by molar-refractivity contribution is -0.119. The standard InChI is InChI=1S/C19H22N4O3S/c1-13-21-22-19(26-13)15-12-14(6-7-17(15)25-2)20-18(24)16(8-11-27-3)23-9-4-5-10-23/h4-7,9-10,12,16H,8,11H2,1-3H3,(H,20,24)/t16-/m0/s1. The maximum Gasteiger partial charge on any atom is 0.251 e. The van der Waals surface area contributed by atoms with E-state index in [1.54, 1.807) is 44.0 Å². The number of thioether (sulfide) groups is 1. The van der Waals surface area contributed by atoms with E-state index in [-0.39, 0.29) is 11.9 Å². The van der Waals surface area contributed by atoms with Crippen molar-refractivity contribution in [3.63, 3.8) is 0 Å². The van der Waals surface area contributed by atoms with Crippen molar-refractivity contribution >= 4 is 23.4 Å². The van der Waals surface area contributed by atoms with E-state index in [0.717, 1.165) is 12.2 Å². The summed E-state index contributed by atoms with van der Waals surface area (Å²) in [6, 6.07) is 8.92. The number of benzene rings is 1. The van der Waals surface area contributed by atoms with Gasteiger partial charge in [-0.05, 0) is 48.8 Å². The van der Waals surface area contributed by atoms with Gasteiger partial charge in [-0.3, -0.25) is 4.79 Å². The van der Waals surface area contributed by atoms with Crippen LogP contribution < -0.4 is 10.1 Å². The molecule has 3 rings (SSSR count). The largest absolute Gasteiger partial charge is 0.496 e. The van der Waals surface area contributed by atoms with Gasteiger partial charge in [0, 0.05) is 25.0 Å². The van der Waals surface area contributed by atoms with Gasteiger partial charge in [0.05, 0.1) is 12.7 Å². The van der Waals surface area contributed by atoms with Gasteiger partial charge >= 0.3 is 0 Å². The molecule has 3 aromatic rings. The molecule has 0 aliphatic heterocycles. The summed E-state index contributed by atoms with van der Waals surface area (Å²) in [4.78, 5) is 12.9. The number of aryl methyl sites for hydroxylation is 1. The van der Waals surface area contributed by atoms with Crippen molar-refractivity contribution in [2.45, 2.75) is 19.4 Å². The molecule has 0 saturated carbocycles. The number of ether oxygens (including phenoxy) is 1. The molecular weight excluding hydrogens is 364 g/mol. The first kappa shape index (κ1) is 19.0. The second kappa shape index (κ2) is 8.77. The molecule has 0 spiro atoms. The lowest BCUT2D eigenvalue weighted by atomic mass is 10.1. The van der Waals surface area contributed by atoms with E-state index in [2.05, 4.69) is 15.5 Å². The zero-order chi connectivity index (χ0) is 19.2. The van der Waals surface area contributed by atoms with E-state index in [9.17, 15) is 4.79 Å². The van der Waals surface area contributed by atoms with Crippen molar-refractivity contribution in [1.82, 2.24) is 14.8 Å². The Labute approximate surface area is 162 Å². The average molecular weight is 386 g/mol. The molecular formula is C19H22N4O3S. The molecule has 0 fully saturated rings. The number of carbonyl (C=O) groups excluding carboxylic acids is 1. The van der Waals surface area contributed by atoms with E-state index < -0.39 is 0 Å². The van der Waals surface area contributed by atoms with Crippen LogP contribution in [0.4, 0.5) is 5.69 Å². The number of amides is 1. The predicted molar refractivity (Wildman–Crippen MR) is 106 cm³/mol. The van der Waals surface area contributed by atoms with Crippen molar-refractivity contribution in [1.29, 1.82) is 0 Å². The van der Waals surface area contributed by atoms with Crippen molar-refractivity contribution in [2.75, 3.05) is 24.4 Å². The summed E-state index contributed by atoms with van der Waals surface area (Å²) < 4.78 is 12.8. The fourth-order valence-corrected chi connectivity index (χ4v) is 3.24. The number of nitrogens with zero attached hydrogens (tertiary/aromatic N) is 3. The van der Waals surface area contributed by atoms with E-state index in [0.29, 0.717) is 28.8 Å². The zero-order valence-corrected chi connectivity index (χ0v) is 16.3. The van der Waals surface area contributed by atoms with Gasteiger partial charge in [0.2, 0.25) is 11.8 Å². The van der Waals surface area contributed by atoms with Crippen LogP contribution in [0.2, 0.25) is 0 Å². The van der Waals surface area contributed by atoms with E-state index in [1.807, 2.05) is 35.3 Å². The van der Waals surface area contributed by atoms with Crippen LogP contribution in [0.5, 0.6) is 5.75 Å². The third-order valence-corrected chi connectivity index (χ3v) is 4.75. The number of hydrogen-bond donors (Lipinski definition) is 1. The Morgan fingerprint density at radius 1 is 1.33 bits per heavy atom. The molecule has 1 amide bonds. The van der Waals surface area contributed by atoms with Crippen LogP contribution in [0.3, 0.4) is 0 Å². The Kier molecular flexibility index (Phi) is 6.18. The van der Waals surface area contributed by atoms with E-state index in [1.165, 1.54) is 0 Å². The first-order valence-corrected chi connectivity index (χ1v) is 9.92. The Balaban J connectivity index is 1.84. The first-order chi connectivity index (χ1) is 13.1. The smallest absolute Gasteiger partial charge is 0.251 e. The molecule has 2 aromatic heterocycles. The summed E-state index contributed by atoms with van der Waals surface area (Å²) in [7, 11) is 1.57. The maximum atomic E-state index is 12.9. The number of anilines is 1. The van der Waals surface area contributed by atoms with Gasteiger partial charge in [-0.1, -0.05) is 0 Å². The molecule has 142 valence electrons. The molecule has 1 aromatic carbocycles. The molecule has 0 unspecified atom stereocenters. The number of carbonyl (C=O) groups is 1. The van der Waals surface area contributed by atoms with Gasteiger partial charge in [-0.15, -0.1) is 10.2 Å². The van der Waals surface area contributed by atoms with Crippen molar-refractivity contribution in [2.24, 2.45) is 0 Å². The van der Waals surface area contributed by atoms with Gasteiger partial charge in [-0.2, -0.15) is 11.8 Å². The van der Waals surface area contributed by atoms with Gasteiger partial charge in [0.15, 0.2) is 0 Å². The molecule has 0 bridgehead atoms. The fourth-order valence-electron chi connectivity index (χ4n) is 2.78. The number of methoxy groups -OCH3 is 1. The third kappa shape index (κ3) is 4.51.